The number of carbonyl (C=O) groups excluding carboxylic acids is 3. The van der Waals surface area contributed by atoms with Crippen LogP contribution in [-0.2, 0) is 25.5 Å². The molecule has 1 aromatic heterocycles. The van der Waals surface area contributed by atoms with Crippen LogP contribution in [0.2, 0.25) is 0 Å². The number of hydrogen-bond donors (Lipinski definition) is 0. The van der Waals surface area contributed by atoms with Crippen molar-refractivity contribution in [3.8, 4) is 17.1 Å². The molecular formula is C37H30F3N3O8. The number of methoxy groups -OCH3 is 1. The molecule has 6 rings (SSSR count). The van der Waals surface area contributed by atoms with Crippen LogP contribution >= 0.6 is 0 Å². The molecule has 0 aliphatic carbocycles. The second-order valence-corrected chi connectivity index (χ2v) is 11.3. The molecule has 3 unspecified atom stereocenters. The molecule has 0 radical (unpaired) electrons. The van der Waals surface area contributed by atoms with Crippen molar-refractivity contribution in [1.29, 1.82) is 0 Å². The number of aromatic nitrogens is 3. The van der Waals surface area contributed by atoms with Crippen LogP contribution in [0.3, 0.4) is 0 Å². The predicted molar refractivity (Wildman–Crippen MR) is 174 cm³/mol. The first-order valence-corrected chi connectivity index (χ1v) is 15.7. The smallest absolute Gasteiger partial charge is 0.406 e. The zero-order valence-electron chi connectivity index (χ0n) is 26.9. The number of esters is 3. The highest BCUT2D eigenvalue weighted by molar-refractivity contribution is 5.91. The van der Waals surface area contributed by atoms with E-state index in [9.17, 15) is 27.6 Å². The zero-order valence-corrected chi connectivity index (χ0v) is 26.9. The molecule has 1 aliphatic heterocycles. The molecular weight excluding hydrogens is 671 g/mol. The van der Waals surface area contributed by atoms with Gasteiger partial charge in [0.25, 0.3) is 0 Å². The van der Waals surface area contributed by atoms with Crippen LogP contribution in [0.1, 0.15) is 43.0 Å². The fourth-order valence-electron chi connectivity index (χ4n) is 5.49. The van der Waals surface area contributed by atoms with Crippen molar-refractivity contribution in [3.63, 3.8) is 0 Å². The maximum absolute atomic E-state index is 14.2. The van der Waals surface area contributed by atoms with E-state index in [4.69, 9.17) is 23.7 Å². The molecule has 0 amide bonds. The Morgan fingerprint density at radius 1 is 0.706 bits per heavy atom. The third kappa shape index (κ3) is 8.24. The Hall–Kier alpha value is -6.02. The van der Waals surface area contributed by atoms with Gasteiger partial charge in [-0.25, -0.2) is 14.4 Å². The van der Waals surface area contributed by atoms with E-state index in [1.165, 1.54) is 55.6 Å². The highest BCUT2D eigenvalue weighted by atomic mass is 19.4. The predicted octanol–water partition coefficient (Wildman–Crippen LogP) is 6.26. The largest absolute Gasteiger partial charge is 0.497 e. The zero-order chi connectivity index (χ0) is 36.0. The number of benzene rings is 4. The molecule has 0 saturated carbocycles. The Labute approximate surface area is 289 Å². The van der Waals surface area contributed by atoms with E-state index in [0.717, 1.165) is 4.57 Å². The van der Waals surface area contributed by atoms with E-state index in [2.05, 4.69) is 10.2 Å². The molecule has 262 valence electrons. The Kier molecular flexibility index (Phi) is 10.4. The van der Waals surface area contributed by atoms with Crippen molar-refractivity contribution in [2.24, 2.45) is 0 Å². The molecule has 4 atom stereocenters. The van der Waals surface area contributed by atoms with Gasteiger partial charge in [0, 0.05) is 5.56 Å². The summed E-state index contributed by atoms with van der Waals surface area (Å²) in [6.45, 7) is -2.02. The maximum atomic E-state index is 14.2. The third-order valence-electron chi connectivity index (χ3n) is 7.92. The monoisotopic (exact) mass is 701 g/mol. The number of carbonyl (C=O) groups is 3. The molecule has 2 heterocycles. The molecule has 51 heavy (non-hydrogen) atoms. The minimum atomic E-state index is -4.75. The van der Waals surface area contributed by atoms with E-state index in [1.54, 1.807) is 66.7 Å². The van der Waals surface area contributed by atoms with Crippen molar-refractivity contribution < 1.29 is 51.2 Å². The molecule has 1 saturated heterocycles. The average Bonchev–Trinajstić information content (AvgIpc) is 3.55. The highest BCUT2D eigenvalue weighted by Gasteiger charge is 2.51. The molecule has 11 nitrogen and oxygen atoms in total. The summed E-state index contributed by atoms with van der Waals surface area (Å²) in [6, 6.07) is 29.7. The van der Waals surface area contributed by atoms with Gasteiger partial charge in [-0.15, -0.1) is 10.2 Å². The van der Waals surface area contributed by atoms with E-state index in [0.29, 0.717) is 5.75 Å². The lowest BCUT2D eigenvalue weighted by Crippen LogP contribution is -2.55. The van der Waals surface area contributed by atoms with Crippen LogP contribution in [0, 0.1) is 0 Å². The molecule has 1 aliphatic rings. The maximum Gasteiger partial charge on any atom is 0.406 e. The van der Waals surface area contributed by atoms with E-state index >= 15 is 0 Å². The first-order chi connectivity index (χ1) is 24.6. The number of hydrogen-bond acceptors (Lipinski definition) is 10. The summed E-state index contributed by atoms with van der Waals surface area (Å²) in [7, 11) is 1.45. The van der Waals surface area contributed by atoms with Gasteiger partial charge in [-0.3, -0.25) is 4.57 Å². The number of rotatable bonds is 10. The van der Waals surface area contributed by atoms with Crippen molar-refractivity contribution in [2.45, 2.75) is 37.1 Å². The normalized spacial score (nSPS) is 18.7. The Balaban J connectivity index is 1.45. The van der Waals surface area contributed by atoms with Gasteiger partial charge in [-0.2, -0.15) is 13.2 Å². The topological polar surface area (TPSA) is 128 Å². The summed E-state index contributed by atoms with van der Waals surface area (Å²) < 4.78 is 72.1. The SMILES string of the molecule is COc1ccc(-c2nnc(C3OCC(OC(=O)c4ccccc4)C(OC(=O)c4ccccc4)[C@@H]3OC(=O)c3ccccc3)n2CC(F)(F)F)cc1. The minimum Gasteiger partial charge on any atom is -0.497 e. The lowest BCUT2D eigenvalue weighted by atomic mass is 9.97. The van der Waals surface area contributed by atoms with Gasteiger partial charge in [-0.05, 0) is 60.7 Å². The number of ether oxygens (including phenoxy) is 5. The summed E-state index contributed by atoms with van der Waals surface area (Å²) in [5.74, 6) is -2.68. The van der Waals surface area contributed by atoms with Crippen LogP contribution < -0.4 is 4.74 Å². The van der Waals surface area contributed by atoms with Crippen molar-refractivity contribution in [1.82, 2.24) is 14.8 Å². The molecule has 5 aromatic rings. The van der Waals surface area contributed by atoms with Crippen LogP contribution in [0.4, 0.5) is 13.2 Å². The molecule has 0 bridgehead atoms. The number of nitrogens with zero attached hydrogens (tertiary/aromatic N) is 3. The lowest BCUT2D eigenvalue weighted by Gasteiger charge is -2.40. The lowest BCUT2D eigenvalue weighted by molar-refractivity contribution is -0.196. The van der Waals surface area contributed by atoms with Gasteiger partial charge in [-0.1, -0.05) is 54.6 Å². The summed E-state index contributed by atoms with van der Waals surface area (Å²) in [4.78, 5) is 40.3. The first kappa shape index (κ1) is 34.8. The van der Waals surface area contributed by atoms with Crippen LogP contribution in [0.15, 0.2) is 115 Å². The summed E-state index contributed by atoms with van der Waals surface area (Å²) in [5.41, 5.74) is 0.640. The van der Waals surface area contributed by atoms with Crippen LogP contribution in [-0.4, -0.2) is 70.9 Å². The quantitative estimate of drug-likeness (QED) is 0.122. The molecule has 14 heteroatoms. The van der Waals surface area contributed by atoms with Crippen molar-refractivity contribution >= 4 is 17.9 Å². The number of halogens is 3. The van der Waals surface area contributed by atoms with Crippen LogP contribution in [0.25, 0.3) is 11.4 Å². The minimum absolute atomic E-state index is 0.0865. The Bertz CT molecular complexity index is 1960. The third-order valence-corrected chi connectivity index (χ3v) is 7.92. The van der Waals surface area contributed by atoms with Crippen molar-refractivity contribution in [2.75, 3.05) is 13.7 Å². The summed E-state index contributed by atoms with van der Waals surface area (Å²) in [5, 5.41) is 8.17. The van der Waals surface area contributed by atoms with Gasteiger partial charge in [0.2, 0.25) is 0 Å². The highest BCUT2D eigenvalue weighted by Crippen LogP contribution is 2.37. The molecule has 0 N–H and O–H groups in total. The van der Waals surface area contributed by atoms with Gasteiger partial charge >= 0.3 is 24.1 Å². The standard InChI is InChI=1S/C37H30F3N3O8/c1-47-27-19-17-23(18-20-27)32-41-42-33(43(32)22-37(38,39)40)31-30(51-36(46)26-15-9-4-10-16-26)29(50-35(45)25-13-7-3-8-14-25)28(21-48-31)49-34(44)24-11-5-2-6-12-24/h2-20,28-31H,21-22H2,1H3/t28?,29?,30-,31?/m0/s1. The Morgan fingerprint density at radius 3 is 1.69 bits per heavy atom. The van der Waals surface area contributed by atoms with Crippen LogP contribution in [0.5, 0.6) is 5.75 Å². The summed E-state index contributed by atoms with van der Waals surface area (Å²) in [6.07, 6.45) is -11.0. The van der Waals surface area contributed by atoms with E-state index in [-0.39, 0.29) is 33.9 Å². The average molecular weight is 702 g/mol. The second kappa shape index (κ2) is 15.3. The van der Waals surface area contributed by atoms with E-state index in [1.807, 2.05) is 0 Å². The first-order valence-electron chi connectivity index (χ1n) is 15.7. The Morgan fingerprint density at radius 2 is 1.20 bits per heavy atom. The van der Waals surface area contributed by atoms with Crippen molar-refractivity contribution in [3.05, 3.63) is 138 Å². The fraction of sp³-hybridized carbons (Fsp3) is 0.216. The fourth-order valence-corrected chi connectivity index (χ4v) is 5.49. The van der Waals surface area contributed by atoms with Gasteiger partial charge in [0.1, 0.15) is 12.3 Å². The molecule has 0 spiro atoms. The molecule has 4 aromatic carbocycles. The summed E-state index contributed by atoms with van der Waals surface area (Å²) >= 11 is 0. The van der Waals surface area contributed by atoms with E-state index < -0.39 is 61.7 Å². The number of alkyl halides is 3. The molecule has 1 fully saturated rings. The van der Waals surface area contributed by atoms with Gasteiger partial charge in [0.05, 0.1) is 30.4 Å². The van der Waals surface area contributed by atoms with Gasteiger partial charge < -0.3 is 23.7 Å². The second-order valence-electron chi connectivity index (χ2n) is 11.3. The van der Waals surface area contributed by atoms with Gasteiger partial charge in [0.15, 0.2) is 36.1 Å².